The van der Waals surface area contributed by atoms with Gasteiger partial charge in [-0.25, -0.2) is 0 Å². The zero-order valence-electron chi connectivity index (χ0n) is 10.9. The molecule has 2 N–H and O–H groups in total. The molecule has 0 aromatic heterocycles. The first-order valence-corrected chi connectivity index (χ1v) is 6.61. The van der Waals surface area contributed by atoms with E-state index in [0.717, 1.165) is 17.5 Å². The Bertz CT molecular complexity index is 364. The summed E-state index contributed by atoms with van der Waals surface area (Å²) in [7, 11) is 0. The van der Waals surface area contributed by atoms with Gasteiger partial charge in [0, 0.05) is 5.69 Å². The fourth-order valence-electron chi connectivity index (χ4n) is 2.55. The summed E-state index contributed by atoms with van der Waals surface area (Å²) in [5.41, 5.74) is 7.75. The molecule has 2 nitrogen and oxygen atoms in total. The van der Waals surface area contributed by atoms with Gasteiger partial charge in [0.2, 0.25) is 0 Å². The van der Waals surface area contributed by atoms with Crippen molar-refractivity contribution in [3.63, 3.8) is 0 Å². The van der Waals surface area contributed by atoms with E-state index in [1.807, 2.05) is 18.2 Å². The molecule has 1 aliphatic rings. The van der Waals surface area contributed by atoms with Crippen LogP contribution in [0.4, 0.5) is 5.69 Å². The van der Waals surface area contributed by atoms with Crippen LogP contribution in [0.5, 0.6) is 0 Å². The lowest BCUT2D eigenvalue weighted by molar-refractivity contribution is -0.00743. The minimum atomic E-state index is 0.433. The largest absolute Gasteiger partial charge is 0.399 e. The Morgan fingerprint density at radius 2 is 2.06 bits per heavy atom. The van der Waals surface area contributed by atoms with Crippen molar-refractivity contribution in [3.05, 3.63) is 29.8 Å². The average Bonchev–Trinajstić information content (AvgIpc) is 2.31. The predicted octanol–water partition coefficient (Wildman–Crippen LogP) is 3.61. The van der Waals surface area contributed by atoms with Gasteiger partial charge in [-0.1, -0.05) is 26.0 Å². The van der Waals surface area contributed by atoms with Crippen LogP contribution in [0.25, 0.3) is 0 Å². The van der Waals surface area contributed by atoms with Gasteiger partial charge in [-0.2, -0.15) is 0 Å². The molecule has 0 spiro atoms. The molecule has 0 saturated heterocycles. The zero-order chi connectivity index (χ0) is 12.3. The smallest absolute Gasteiger partial charge is 0.0721 e. The Labute approximate surface area is 104 Å². The maximum Gasteiger partial charge on any atom is 0.0721 e. The second-order valence-electron chi connectivity index (χ2n) is 5.45. The van der Waals surface area contributed by atoms with Crippen molar-refractivity contribution in [2.75, 3.05) is 5.73 Å². The number of nitrogens with two attached hydrogens (primary N) is 1. The van der Waals surface area contributed by atoms with Gasteiger partial charge >= 0.3 is 0 Å². The van der Waals surface area contributed by atoms with Gasteiger partial charge in [0.1, 0.15) is 0 Å². The zero-order valence-corrected chi connectivity index (χ0v) is 10.9. The average molecular weight is 233 g/mol. The van der Waals surface area contributed by atoms with Crippen molar-refractivity contribution in [2.45, 2.75) is 45.8 Å². The summed E-state index contributed by atoms with van der Waals surface area (Å²) in [6, 6.07) is 7.97. The van der Waals surface area contributed by atoms with Crippen LogP contribution < -0.4 is 5.73 Å². The third-order valence-corrected chi connectivity index (χ3v) is 3.99. The molecule has 2 rings (SSSR count). The molecule has 0 bridgehead atoms. The molecule has 3 unspecified atom stereocenters. The maximum absolute atomic E-state index is 5.99. The first-order valence-electron chi connectivity index (χ1n) is 6.61. The molecule has 0 heterocycles. The lowest BCUT2D eigenvalue weighted by Crippen LogP contribution is -2.26. The first kappa shape index (κ1) is 12.4. The lowest BCUT2D eigenvalue weighted by atomic mass is 9.80. The Kier molecular flexibility index (Phi) is 4.06. The monoisotopic (exact) mass is 233 g/mol. The maximum atomic E-state index is 5.99. The number of ether oxygens (including phenoxy) is 1. The highest BCUT2D eigenvalue weighted by Gasteiger charge is 2.24. The second-order valence-corrected chi connectivity index (χ2v) is 5.45. The minimum Gasteiger partial charge on any atom is -0.399 e. The Morgan fingerprint density at radius 1 is 1.24 bits per heavy atom. The summed E-state index contributed by atoms with van der Waals surface area (Å²) >= 11 is 0. The highest BCUT2D eigenvalue weighted by molar-refractivity contribution is 5.40. The number of hydrogen-bond donors (Lipinski definition) is 1. The van der Waals surface area contributed by atoms with E-state index < -0.39 is 0 Å². The third kappa shape index (κ3) is 3.47. The standard InChI is InChI=1S/C15H23NO/c1-11-6-7-15(8-12(11)2)17-10-13-4-3-5-14(16)9-13/h3-5,9,11-12,15H,6-8,10,16H2,1-2H3. The van der Waals surface area contributed by atoms with E-state index >= 15 is 0 Å². The van der Waals surface area contributed by atoms with Crippen molar-refractivity contribution < 1.29 is 4.74 Å². The normalized spacial score (nSPS) is 29.2. The summed E-state index contributed by atoms with van der Waals surface area (Å²) in [4.78, 5) is 0. The van der Waals surface area contributed by atoms with E-state index in [2.05, 4.69) is 19.9 Å². The van der Waals surface area contributed by atoms with Gasteiger partial charge in [0.25, 0.3) is 0 Å². The van der Waals surface area contributed by atoms with Gasteiger partial charge in [0.05, 0.1) is 12.7 Å². The number of nitrogen functional groups attached to an aromatic ring is 1. The summed E-state index contributed by atoms with van der Waals surface area (Å²) in [5.74, 6) is 1.64. The summed E-state index contributed by atoms with van der Waals surface area (Å²) in [6.07, 6.45) is 4.13. The molecular weight excluding hydrogens is 210 g/mol. The van der Waals surface area contributed by atoms with E-state index in [4.69, 9.17) is 10.5 Å². The third-order valence-electron chi connectivity index (χ3n) is 3.99. The summed E-state index contributed by atoms with van der Waals surface area (Å²) < 4.78 is 5.99. The molecule has 0 aliphatic heterocycles. The van der Waals surface area contributed by atoms with Gasteiger partial charge in [-0.05, 0) is 48.8 Å². The Balaban J connectivity index is 1.82. The van der Waals surface area contributed by atoms with Gasteiger partial charge in [-0.15, -0.1) is 0 Å². The van der Waals surface area contributed by atoms with Gasteiger partial charge in [0.15, 0.2) is 0 Å². The molecule has 1 fully saturated rings. The van der Waals surface area contributed by atoms with E-state index in [9.17, 15) is 0 Å². The van der Waals surface area contributed by atoms with Crippen LogP contribution in [0.3, 0.4) is 0 Å². The van der Waals surface area contributed by atoms with Crippen LogP contribution in [-0.4, -0.2) is 6.10 Å². The number of hydrogen-bond acceptors (Lipinski definition) is 2. The van der Waals surface area contributed by atoms with E-state index in [-0.39, 0.29) is 0 Å². The van der Waals surface area contributed by atoms with Crippen LogP contribution in [0.1, 0.15) is 38.7 Å². The number of benzene rings is 1. The van der Waals surface area contributed by atoms with Crippen molar-refractivity contribution in [1.29, 1.82) is 0 Å². The van der Waals surface area contributed by atoms with Crippen molar-refractivity contribution >= 4 is 5.69 Å². The van der Waals surface area contributed by atoms with Crippen LogP contribution >= 0.6 is 0 Å². The number of rotatable bonds is 3. The topological polar surface area (TPSA) is 35.2 Å². The summed E-state index contributed by atoms with van der Waals surface area (Å²) in [5, 5.41) is 0. The molecule has 1 aromatic rings. The molecule has 1 saturated carbocycles. The van der Waals surface area contributed by atoms with E-state index in [1.165, 1.54) is 24.8 Å². The molecule has 17 heavy (non-hydrogen) atoms. The van der Waals surface area contributed by atoms with E-state index in [0.29, 0.717) is 12.7 Å². The fourth-order valence-corrected chi connectivity index (χ4v) is 2.55. The van der Waals surface area contributed by atoms with Crippen LogP contribution in [0.2, 0.25) is 0 Å². The molecular formula is C15H23NO. The molecule has 1 aliphatic carbocycles. The quantitative estimate of drug-likeness (QED) is 0.809. The predicted molar refractivity (Wildman–Crippen MR) is 71.6 cm³/mol. The van der Waals surface area contributed by atoms with Crippen LogP contribution in [0, 0.1) is 11.8 Å². The molecule has 94 valence electrons. The first-order chi connectivity index (χ1) is 8.15. The van der Waals surface area contributed by atoms with Crippen molar-refractivity contribution in [3.8, 4) is 0 Å². The molecule has 1 aromatic carbocycles. The second kappa shape index (κ2) is 5.54. The Morgan fingerprint density at radius 3 is 2.76 bits per heavy atom. The lowest BCUT2D eigenvalue weighted by Gasteiger charge is -2.32. The SMILES string of the molecule is CC1CCC(OCc2cccc(N)c2)CC1C. The highest BCUT2D eigenvalue weighted by Crippen LogP contribution is 2.31. The van der Waals surface area contributed by atoms with Gasteiger partial charge in [-0.3, -0.25) is 0 Å². The summed E-state index contributed by atoms with van der Waals surface area (Å²) in [6.45, 7) is 5.37. The van der Waals surface area contributed by atoms with Crippen LogP contribution in [0.15, 0.2) is 24.3 Å². The van der Waals surface area contributed by atoms with Gasteiger partial charge < -0.3 is 10.5 Å². The van der Waals surface area contributed by atoms with Crippen molar-refractivity contribution in [2.24, 2.45) is 11.8 Å². The number of anilines is 1. The van der Waals surface area contributed by atoms with E-state index in [1.54, 1.807) is 0 Å². The molecule has 2 heteroatoms. The van der Waals surface area contributed by atoms with Crippen LogP contribution in [-0.2, 0) is 11.3 Å². The molecule has 0 radical (unpaired) electrons. The molecule has 0 amide bonds. The Hall–Kier alpha value is -1.02. The fraction of sp³-hybridized carbons (Fsp3) is 0.600. The molecule has 3 atom stereocenters. The highest BCUT2D eigenvalue weighted by atomic mass is 16.5. The minimum absolute atomic E-state index is 0.433. The van der Waals surface area contributed by atoms with Crippen molar-refractivity contribution in [1.82, 2.24) is 0 Å².